The Morgan fingerprint density at radius 1 is 1.00 bits per heavy atom. The first-order chi connectivity index (χ1) is 10.6. The first kappa shape index (κ1) is 14.1. The second-order valence-electron chi connectivity index (χ2n) is 5.15. The van der Waals surface area contributed by atoms with E-state index >= 15 is 0 Å². The number of aromatic nitrogens is 2. The maximum atomic E-state index is 10.8. The van der Waals surface area contributed by atoms with Gasteiger partial charge in [-0.25, -0.2) is 4.98 Å². The van der Waals surface area contributed by atoms with Crippen LogP contribution in [-0.2, 0) is 18.3 Å². The fourth-order valence-corrected chi connectivity index (χ4v) is 2.47. The van der Waals surface area contributed by atoms with Gasteiger partial charge in [-0.2, -0.15) is 0 Å². The number of rotatable bonds is 4. The SMILES string of the molecule is Cn1c(CC(=O)O)cnc1-c1ccc(-c2ccccc2)cc1. The van der Waals surface area contributed by atoms with Gasteiger partial charge in [-0.1, -0.05) is 54.6 Å². The summed E-state index contributed by atoms with van der Waals surface area (Å²) in [6.07, 6.45) is 1.60. The fraction of sp³-hybridized carbons (Fsp3) is 0.111. The molecule has 0 unspecified atom stereocenters. The Morgan fingerprint density at radius 3 is 2.23 bits per heavy atom. The molecule has 0 spiro atoms. The summed E-state index contributed by atoms with van der Waals surface area (Å²) in [7, 11) is 1.84. The molecule has 110 valence electrons. The van der Waals surface area contributed by atoms with Crippen molar-refractivity contribution in [2.75, 3.05) is 0 Å². The van der Waals surface area contributed by atoms with Crippen LogP contribution in [0.5, 0.6) is 0 Å². The largest absolute Gasteiger partial charge is 0.481 e. The minimum Gasteiger partial charge on any atom is -0.481 e. The molecule has 0 aliphatic heterocycles. The van der Waals surface area contributed by atoms with Gasteiger partial charge in [0.1, 0.15) is 5.82 Å². The quantitative estimate of drug-likeness (QED) is 0.802. The highest BCUT2D eigenvalue weighted by atomic mass is 16.4. The van der Waals surface area contributed by atoms with Crippen molar-refractivity contribution in [3.63, 3.8) is 0 Å². The molecule has 0 aliphatic carbocycles. The first-order valence-electron chi connectivity index (χ1n) is 7.03. The zero-order chi connectivity index (χ0) is 15.5. The molecular formula is C18H16N2O2. The van der Waals surface area contributed by atoms with Crippen molar-refractivity contribution in [2.24, 2.45) is 7.05 Å². The van der Waals surface area contributed by atoms with Crippen molar-refractivity contribution in [2.45, 2.75) is 6.42 Å². The minimum atomic E-state index is -0.853. The molecule has 0 bridgehead atoms. The van der Waals surface area contributed by atoms with Crippen molar-refractivity contribution in [1.29, 1.82) is 0 Å². The normalized spacial score (nSPS) is 10.6. The third-order valence-corrected chi connectivity index (χ3v) is 3.67. The molecule has 1 heterocycles. The summed E-state index contributed by atoms with van der Waals surface area (Å²) in [6, 6.07) is 18.3. The molecular weight excluding hydrogens is 276 g/mol. The van der Waals surface area contributed by atoms with Crippen LogP contribution in [-0.4, -0.2) is 20.6 Å². The summed E-state index contributed by atoms with van der Waals surface area (Å²) in [4.78, 5) is 15.2. The lowest BCUT2D eigenvalue weighted by Gasteiger charge is -2.06. The van der Waals surface area contributed by atoms with E-state index < -0.39 is 5.97 Å². The Bertz CT molecular complexity index is 790. The third kappa shape index (κ3) is 2.76. The number of nitrogens with zero attached hydrogens (tertiary/aromatic N) is 2. The molecule has 0 fully saturated rings. The Hall–Kier alpha value is -2.88. The molecule has 3 rings (SSSR count). The van der Waals surface area contributed by atoms with Crippen LogP contribution in [0.15, 0.2) is 60.8 Å². The second-order valence-corrected chi connectivity index (χ2v) is 5.15. The summed E-state index contributed by atoms with van der Waals surface area (Å²) < 4.78 is 1.83. The maximum absolute atomic E-state index is 10.8. The van der Waals surface area contributed by atoms with E-state index in [1.807, 2.05) is 41.9 Å². The zero-order valence-electron chi connectivity index (χ0n) is 12.2. The van der Waals surface area contributed by atoms with Gasteiger partial charge >= 0.3 is 5.97 Å². The lowest BCUT2D eigenvalue weighted by atomic mass is 10.0. The van der Waals surface area contributed by atoms with Crippen molar-refractivity contribution in [3.05, 3.63) is 66.5 Å². The van der Waals surface area contributed by atoms with E-state index in [1.54, 1.807) is 6.20 Å². The number of carboxylic acids is 1. The van der Waals surface area contributed by atoms with Crippen LogP contribution in [0.4, 0.5) is 0 Å². The van der Waals surface area contributed by atoms with Crippen LogP contribution in [0, 0.1) is 0 Å². The standard InChI is InChI=1S/C18H16N2O2/c1-20-16(11-17(21)22)12-19-18(20)15-9-7-14(8-10-15)13-5-3-2-4-6-13/h2-10,12H,11H2,1H3,(H,21,22). The Balaban J connectivity index is 1.90. The van der Waals surface area contributed by atoms with Crippen LogP contribution >= 0.6 is 0 Å². The van der Waals surface area contributed by atoms with Crippen LogP contribution in [0.1, 0.15) is 5.69 Å². The molecule has 0 aliphatic rings. The predicted molar refractivity (Wildman–Crippen MR) is 85.4 cm³/mol. The minimum absolute atomic E-state index is 0.0222. The number of hydrogen-bond donors (Lipinski definition) is 1. The van der Waals surface area contributed by atoms with Gasteiger partial charge in [0, 0.05) is 24.5 Å². The van der Waals surface area contributed by atoms with Gasteiger partial charge in [-0.05, 0) is 11.1 Å². The molecule has 0 radical (unpaired) electrons. The van der Waals surface area contributed by atoms with E-state index in [1.165, 1.54) is 5.56 Å². The highest BCUT2D eigenvalue weighted by Gasteiger charge is 2.11. The fourth-order valence-electron chi connectivity index (χ4n) is 2.47. The van der Waals surface area contributed by atoms with Crippen LogP contribution in [0.25, 0.3) is 22.5 Å². The van der Waals surface area contributed by atoms with Crippen LogP contribution in [0.2, 0.25) is 0 Å². The van der Waals surface area contributed by atoms with E-state index in [4.69, 9.17) is 5.11 Å². The van der Waals surface area contributed by atoms with Crippen molar-refractivity contribution >= 4 is 5.97 Å². The van der Waals surface area contributed by atoms with Gasteiger partial charge in [0.15, 0.2) is 0 Å². The highest BCUT2D eigenvalue weighted by Crippen LogP contribution is 2.24. The van der Waals surface area contributed by atoms with Gasteiger partial charge < -0.3 is 9.67 Å². The summed E-state index contributed by atoms with van der Waals surface area (Å²) in [5.41, 5.74) is 3.97. The smallest absolute Gasteiger partial charge is 0.309 e. The molecule has 2 aromatic carbocycles. The molecule has 0 amide bonds. The van der Waals surface area contributed by atoms with E-state index in [0.29, 0.717) is 5.69 Å². The maximum Gasteiger partial charge on any atom is 0.309 e. The van der Waals surface area contributed by atoms with E-state index in [2.05, 4.69) is 29.2 Å². The number of hydrogen-bond acceptors (Lipinski definition) is 2. The summed E-state index contributed by atoms with van der Waals surface area (Å²) in [6.45, 7) is 0. The number of aliphatic carboxylic acids is 1. The summed E-state index contributed by atoms with van der Waals surface area (Å²) in [5, 5.41) is 8.89. The molecule has 4 heteroatoms. The van der Waals surface area contributed by atoms with Crippen LogP contribution < -0.4 is 0 Å². The Kier molecular flexibility index (Phi) is 3.74. The molecule has 3 aromatic rings. The van der Waals surface area contributed by atoms with E-state index in [9.17, 15) is 4.79 Å². The topological polar surface area (TPSA) is 55.1 Å². The average Bonchev–Trinajstić information content (AvgIpc) is 2.89. The van der Waals surface area contributed by atoms with Crippen molar-refractivity contribution in [3.8, 4) is 22.5 Å². The lowest BCUT2D eigenvalue weighted by molar-refractivity contribution is -0.136. The molecule has 1 N–H and O–H groups in total. The van der Waals surface area contributed by atoms with Gasteiger partial charge in [-0.3, -0.25) is 4.79 Å². The molecule has 4 nitrogen and oxygen atoms in total. The number of benzene rings is 2. The van der Waals surface area contributed by atoms with E-state index in [-0.39, 0.29) is 6.42 Å². The molecule has 0 saturated carbocycles. The molecule has 1 aromatic heterocycles. The van der Waals surface area contributed by atoms with Crippen molar-refractivity contribution in [1.82, 2.24) is 9.55 Å². The summed E-state index contributed by atoms with van der Waals surface area (Å²) >= 11 is 0. The van der Waals surface area contributed by atoms with Crippen LogP contribution in [0.3, 0.4) is 0 Å². The molecule has 0 atom stereocenters. The van der Waals surface area contributed by atoms with Gasteiger partial charge in [0.2, 0.25) is 0 Å². The number of carboxylic acid groups (broad SMARTS) is 1. The lowest BCUT2D eigenvalue weighted by Crippen LogP contribution is -2.05. The Labute approximate surface area is 128 Å². The molecule has 0 saturated heterocycles. The van der Waals surface area contributed by atoms with Gasteiger partial charge in [0.25, 0.3) is 0 Å². The van der Waals surface area contributed by atoms with Crippen molar-refractivity contribution < 1.29 is 9.90 Å². The average molecular weight is 292 g/mol. The monoisotopic (exact) mass is 292 g/mol. The van der Waals surface area contributed by atoms with Gasteiger partial charge in [0.05, 0.1) is 6.42 Å². The zero-order valence-corrected chi connectivity index (χ0v) is 12.2. The highest BCUT2D eigenvalue weighted by molar-refractivity contribution is 5.71. The molecule has 22 heavy (non-hydrogen) atoms. The second kappa shape index (κ2) is 5.85. The third-order valence-electron chi connectivity index (χ3n) is 3.67. The predicted octanol–water partition coefficient (Wildman–Crippen LogP) is 3.38. The summed E-state index contributed by atoms with van der Waals surface area (Å²) in [5.74, 6) is -0.0789. The van der Waals surface area contributed by atoms with Gasteiger partial charge in [-0.15, -0.1) is 0 Å². The Morgan fingerprint density at radius 2 is 1.59 bits per heavy atom. The first-order valence-corrected chi connectivity index (χ1v) is 7.03. The number of imidazole rings is 1. The number of carbonyl (C=O) groups is 1. The van der Waals surface area contributed by atoms with E-state index in [0.717, 1.165) is 17.0 Å².